The van der Waals surface area contributed by atoms with Crippen molar-refractivity contribution in [1.82, 2.24) is 0 Å². The standard InChI is InChI=1S/C40H35F3O/c1-4-22-44-34-25-31(5-2)35(40(43)26-34)20-13-29-11-17-33(18-12-29)37-21-14-30(24-39(37)42)8-7-28-9-15-32(16-10-28)36-19-6-27(3)23-38(36)41/h6,9-12,14-19,21,23-26H,4-5,7-8,22H2,1-3H3. The van der Waals surface area contributed by atoms with Crippen LogP contribution in [-0.4, -0.2) is 6.61 Å². The van der Waals surface area contributed by atoms with Crippen LogP contribution in [0.3, 0.4) is 0 Å². The highest BCUT2D eigenvalue weighted by molar-refractivity contribution is 5.66. The predicted octanol–water partition coefficient (Wildman–Crippen LogP) is 10.3. The summed E-state index contributed by atoms with van der Waals surface area (Å²) in [6.45, 7) is 6.38. The summed E-state index contributed by atoms with van der Waals surface area (Å²) in [7, 11) is 0. The van der Waals surface area contributed by atoms with Gasteiger partial charge < -0.3 is 4.74 Å². The predicted molar refractivity (Wildman–Crippen MR) is 173 cm³/mol. The molecule has 1 nitrogen and oxygen atoms in total. The lowest BCUT2D eigenvalue weighted by Gasteiger charge is -2.09. The van der Waals surface area contributed by atoms with Crippen molar-refractivity contribution in [2.24, 2.45) is 0 Å². The minimum absolute atomic E-state index is 0.226. The third kappa shape index (κ3) is 7.41. The summed E-state index contributed by atoms with van der Waals surface area (Å²) < 4.78 is 49.9. The van der Waals surface area contributed by atoms with Gasteiger partial charge in [-0.25, -0.2) is 13.2 Å². The van der Waals surface area contributed by atoms with Gasteiger partial charge in [-0.2, -0.15) is 0 Å². The van der Waals surface area contributed by atoms with E-state index < -0.39 is 5.82 Å². The zero-order chi connectivity index (χ0) is 31.1. The number of hydrogen-bond donors (Lipinski definition) is 0. The Bertz CT molecular complexity index is 1810. The first-order chi connectivity index (χ1) is 21.3. The van der Waals surface area contributed by atoms with Crippen LogP contribution in [0.4, 0.5) is 13.2 Å². The molecule has 0 fully saturated rings. The summed E-state index contributed by atoms with van der Waals surface area (Å²) in [4.78, 5) is 0. The first-order valence-corrected chi connectivity index (χ1v) is 15.1. The summed E-state index contributed by atoms with van der Waals surface area (Å²) in [5.41, 5.74) is 7.48. The molecule has 0 N–H and O–H groups in total. The Balaban J connectivity index is 1.23. The van der Waals surface area contributed by atoms with E-state index in [4.69, 9.17) is 4.74 Å². The Hall–Kier alpha value is -4.75. The number of ether oxygens (including phenoxy) is 1. The van der Waals surface area contributed by atoms with Gasteiger partial charge in [-0.05, 0) is 96.3 Å². The second-order valence-electron chi connectivity index (χ2n) is 11.0. The quantitative estimate of drug-likeness (QED) is 0.156. The van der Waals surface area contributed by atoms with Crippen molar-refractivity contribution in [3.63, 3.8) is 0 Å². The van der Waals surface area contributed by atoms with E-state index in [9.17, 15) is 8.78 Å². The summed E-state index contributed by atoms with van der Waals surface area (Å²) in [5, 5.41) is 0. The average Bonchev–Trinajstić information content (AvgIpc) is 3.03. The summed E-state index contributed by atoms with van der Waals surface area (Å²) in [5.74, 6) is 5.65. The van der Waals surface area contributed by atoms with Crippen LogP contribution in [-0.2, 0) is 19.3 Å². The number of rotatable bonds is 9. The highest BCUT2D eigenvalue weighted by Crippen LogP contribution is 2.27. The normalized spacial score (nSPS) is 10.8. The lowest BCUT2D eigenvalue weighted by Crippen LogP contribution is -1.99. The molecule has 222 valence electrons. The Morgan fingerprint density at radius 3 is 1.86 bits per heavy atom. The monoisotopic (exact) mass is 588 g/mol. The molecule has 0 amide bonds. The van der Waals surface area contributed by atoms with Crippen LogP contribution in [0, 0.1) is 36.2 Å². The van der Waals surface area contributed by atoms with E-state index in [1.54, 1.807) is 24.3 Å². The SMILES string of the molecule is CCCOc1cc(F)c(C#Cc2ccc(-c3ccc(CCc4ccc(-c5ccc(C)cc5F)cc4)cc3F)cc2)c(CC)c1. The molecule has 0 aliphatic rings. The van der Waals surface area contributed by atoms with Crippen molar-refractivity contribution in [3.05, 3.63) is 148 Å². The zero-order valence-corrected chi connectivity index (χ0v) is 25.3. The summed E-state index contributed by atoms with van der Waals surface area (Å²) in [6, 6.07) is 29.0. The van der Waals surface area contributed by atoms with Crippen LogP contribution in [0.25, 0.3) is 22.3 Å². The molecule has 44 heavy (non-hydrogen) atoms. The third-order valence-corrected chi connectivity index (χ3v) is 7.65. The Morgan fingerprint density at radius 1 is 0.614 bits per heavy atom. The fourth-order valence-electron chi connectivity index (χ4n) is 5.17. The van der Waals surface area contributed by atoms with Crippen LogP contribution >= 0.6 is 0 Å². The van der Waals surface area contributed by atoms with Gasteiger partial charge in [0.2, 0.25) is 0 Å². The first-order valence-electron chi connectivity index (χ1n) is 15.1. The summed E-state index contributed by atoms with van der Waals surface area (Å²) in [6.07, 6.45) is 2.92. The molecule has 5 rings (SSSR count). The van der Waals surface area contributed by atoms with Crippen molar-refractivity contribution < 1.29 is 17.9 Å². The van der Waals surface area contributed by atoms with E-state index in [0.29, 0.717) is 41.9 Å². The molecule has 5 aromatic carbocycles. The molecule has 0 aliphatic heterocycles. The van der Waals surface area contributed by atoms with E-state index in [2.05, 4.69) is 11.8 Å². The van der Waals surface area contributed by atoms with Crippen molar-refractivity contribution in [2.75, 3.05) is 6.61 Å². The maximum Gasteiger partial charge on any atom is 0.142 e. The molecule has 0 saturated carbocycles. The smallest absolute Gasteiger partial charge is 0.142 e. The van der Waals surface area contributed by atoms with Crippen LogP contribution < -0.4 is 4.74 Å². The van der Waals surface area contributed by atoms with Gasteiger partial charge in [0.15, 0.2) is 0 Å². The molecule has 0 atom stereocenters. The molecule has 0 bridgehead atoms. The molecule has 0 radical (unpaired) electrons. The largest absolute Gasteiger partial charge is 0.493 e. The van der Waals surface area contributed by atoms with Gasteiger partial charge in [-0.3, -0.25) is 0 Å². The van der Waals surface area contributed by atoms with Crippen molar-refractivity contribution in [2.45, 2.75) is 46.5 Å². The maximum absolute atomic E-state index is 15.2. The zero-order valence-electron chi connectivity index (χ0n) is 25.3. The molecule has 4 heteroatoms. The van der Waals surface area contributed by atoms with Crippen LogP contribution in [0.1, 0.15) is 53.6 Å². The highest BCUT2D eigenvalue weighted by atomic mass is 19.1. The molecule has 0 unspecified atom stereocenters. The summed E-state index contributed by atoms with van der Waals surface area (Å²) >= 11 is 0. The lowest BCUT2D eigenvalue weighted by molar-refractivity contribution is 0.315. The molecule has 0 aromatic heterocycles. The second kappa shape index (κ2) is 14.1. The van der Waals surface area contributed by atoms with Crippen LogP contribution in [0.5, 0.6) is 5.75 Å². The van der Waals surface area contributed by atoms with E-state index in [1.807, 2.05) is 87.5 Å². The fraction of sp³-hybridized carbons (Fsp3) is 0.200. The van der Waals surface area contributed by atoms with Crippen molar-refractivity contribution in [1.29, 1.82) is 0 Å². The van der Waals surface area contributed by atoms with Gasteiger partial charge in [0.25, 0.3) is 0 Å². The van der Waals surface area contributed by atoms with Gasteiger partial charge in [0, 0.05) is 22.8 Å². The second-order valence-corrected chi connectivity index (χ2v) is 11.0. The first kappa shape index (κ1) is 30.7. The van der Waals surface area contributed by atoms with Gasteiger partial charge in [-0.1, -0.05) is 86.4 Å². The van der Waals surface area contributed by atoms with Crippen LogP contribution in [0.15, 0.2) is 97.1 Å². The van der Waals surface area contributed by atoms with E-state index in [1.165, 1.54) is 6.07 Å². The lowest BCUT2D eigenvalue weighted by atomic mass is 9.97. The van der Waals surface area contributed by atoms with E-state index >= 15 is 4.39 Å². The Morgan fingerprint density at radius 2 is 1.23 bits per heavy atom. The molecule has 0 heterocycles. The number of benzene rings is 5. The van der Waals surface area contributed by atoms with Gasteiger partial charge in [0.05, 0.1) is 12.2 Å². The molecular formula is C40H35F3O. The van der Waals surface area contributed by atoms with Gasteiger partial charge >= 0.3 is 0 Å². The molecule has 5 aromatic rings. The maximum atomic E-state index is 15.2. The average molecular weight is 589 g/mol. The molecule has 0 spiro atoms. The highest BCUT2D eigenvalue weighted by Gasteiger charge is 2.11. The number of aryl methyl sites for hydroxylation is 4. The number of halogens is 3. The van der Waals surface area contributed by atoms with Gasteiger partial charge in [-0.15, -0.1) is 0 Å². The van der Waals surface area contributed by atoms with Crippen molar-refractivity contribution in [3.8, 4) is 39.8 Å². The van der Waals surface area contributed by atoms with E-state index in [-0.39, 0.29) is 11.6 Å². The van der Waals surface area contributed by atoms with E-state index in [0.717, 1.165) is 51.8 Å². The van der Waals surface area contributed by atoms with Crippen LogP contribution in [0.2, 0.25) is 0 Å². The topological polar surface area (TPSA) is 9.23 Å². The Kier molecular flexibility index (Phi) is 9.87. The van der Waals surface area contributed by atoms with Crippen molar-refractivity contribution >= 4 is 0 Å². The minimum atomic E-state index is -0.392. The van der Waals surface area contributed by atoms with Gasteiger partial charge in [0.1, 0.15) is 23.2 Å². The minimum Gasteiger partial charge on any atom is -0.493 e. The molecule has 0 aliphatic carbocycles. The fourth-order valence-corrected chi connectivity index (χ4v) is 5.17. The third-order valence-electron chi connectivity index (χ3n) is 7.65. The molecule has 0 saturated heterocycles. The Labute approximate surface area is 258 Å². The number of hydrogen-bond acceptors (Lipinski definition) is 1. The molecular weight excluding hydrogens is 553 g/mol.